The van der Waals surface area contributed by atoms with Gasteiger partial charge in [0.1, 0.15) is 5.75 Å². The van der Waals surface area contributed by atoms with Crippen LogP contribution in [0.3, 0.4) is 0 Å². The lowest BCUT2D eigenvalue weighted by Crippen LogP contribution is -2.34. The van der Waals surface area contributed by atoms with E-state index in [9.17, 15) is 4.79 Å². The first-order valence-corrected chi connectivity index (χ1v) is 7.74. The van der Waals surface area contributed by atoms with E-state index in [1.165, 1.54) is 5.56 Å². The van der Waals surface area contributed by atoms with Crippen molar-refractivity contribution in [3.05, 3.63) is 28.8 Å². The van der Waals surface area contributed by atoms with E-state index in [1.54, 1.807) is 7.11 Å². The average Bonchev–Trinajstić information content (AvgIpc) is 2.73. The van der Waals surface area contributed by atoms with Gasteiger partial charge in [-0.15, -0.1) is 0 Å². The summed E-state index contributed by atoms with van der Waals surface area (Å²) in [7, 11) is 1.70. The van der Waals surface area contributed by atoms with E-state index in [-0.39, 0.29) is 5.91 Å². The predicted octanol–water partition coefficient (Wildman–Crippen LogP) is 2.07. The molecule has 1 fully saturated rings. The summed E-state index contributed by atoms with van der Waals surface area (Å²) in [5.41, 5.74) is 3.49. The van der Waals surface area contributed by atoms with Gasteiger partial charge < -0.3 is 15.0 Å². The van der Waals surface area contributed by atoms with E-state index < -0.39 is 0 Å². The largest absolute Gasteiger partial charge is 0.496 e. The molecule has 0 atom stereocenters. The van der Waals surface area contributed by atoms with Crippen molar-refractivity contribution in [1.82, 2.24) is 10.2 Å². The summed E-state index contributed by atoms with van der Waals surface area (Å²) in [5, 5.41) is 3.33. The van der Waals surface area contributed by atoms with Crippen LogP contribution in [-0.2, 0) is 11.2 Å². The lowest BCUT2D eigenvalue weighted by Gasteiger charge is -2.20. The SMILES string of the molecule is COc1c(C)cc(C)cc1CCC(=O)N1CCCNCC1. The average molecular weight is 290 g/mol. The number of methoxy groups -OCH3 is 1. The van der Waals surface area contributed by atoms with Crippen LogP contribution in [0.4, 0.5) is 0 Å². The second-order valence-corrected chi connectivity index (χ2v) is 5.76. The maximum absolute atomic E-state index is 12.4. The topological polar surface area (TPSA) is 41.6 Å². The number of benzene rings is 1. The van der Waals surface area contributed by atoms with Crippen molar-refractivity contribution in [2.24, 2.45) is 0 Å². The van der Waals surface area contributed by atoms with Crippen molar-refractivity contribution in [1.29, 1.82) is 0 Å². The summed E-state index contributed by atoms with van der Waals surface area (Å²) < 4.78 is 5.49. The van der Waals surface area contributed by atoms with Gasteiger partial charge in [-0.05, 0) is 44.4 Å². The number of hydrogen-bond acceptors (Lipinski definition) is 3. The van der Waals surface area contributed by atoms with Crippen LogP contribution in [0.1, 0.15) is 29.5 Å². The Hall–Kier alpha value is -1.55. The predicted molar refractivity (Wildman–Crippen MR) is 84.9 cm³/mol. The highest BCUT2D eigenvalue weighted by Crippen LogP contribution is 2.26. The molecule has 21 heavy (non-hydrogen) atoms. The highest BCUT2D eigenvalue weighted by atomic mass is 16.5. The van der Waals surface area contributed by atoms with E-state index >= 15 is 0 Å². The van der Waals surface area contributed by atoms with E-state index in [4.69, 9.17) is 4.74 Å². The van der Waals surface area contributed by atoms with Crippen LogP contribution in [0.2, 0.25) is 0 Å². The van der Waals surface area contributed by atoms with Crippen molar-refractivity contribution in [2.45, 2.75) is 33.1 Å². The standard InChI is InChI=1S/C17H26N2O2/c1-13-11-14(2)17(21-3)15(12-13)5-6-16(20)19-9-4-7-18-8-10-19/h11-12,18H,4-10H2,1-3H3. The first-order chi connectivity index (χ1) is 10.1. The molecular weight excluding hydrogens is 264 g/mol. The van der Waals surface area contributed by atoms with Crippen LogP contribution in [0.5, 0.6) is 5.75 Å². The molecule has 4 nitrogen and oxygen atoms in total. The second-order valence-electron chi connectivity index (χ2n) is 5.76. The third-order valence-electron chi connectivity index (χ3n) is 4.00. The number of rotatable bonds is 4. The van der Waals surface area contributed by atoms with Crippen LogP contribution in [0.15, 0.2) is 12.1 Å². The fourth-order valence-electron chi connectivity index (χ4n) is 3.01. The molecule has 0 saturated carbocycles. The molecule has 0 radical (unpaired) electrons. The maximum atomic E-state index is 12.4. The number of ether oxygens (including phenoxy) is 1. The summed E-state index contributed by atoms with van der Waals surface area (Å²) in [6.07, 6.45) is 2.34. The van der Waals surface area contributed by atoms with Crippen molar-refractivity contribution in [3.8, 4) is 5.75 Å². The Bertz CT molecular complexity index is 492. The lowest BCUT2D eigenvalue weighted by molar-refractivity contribution is -0.130. The van der Waals surface area contributed by atoms with Crippen LogP contribution >= 0.6 is 0 Å². The Labute approximate surface area is 127 Å². The molecule has 0 unspecified atom stereocenters. The van der Waals surface area contributed by atoms with Gasteiger partial charge in [-0.3, -0.25) is 4.79 Å². The number of aryl methyl sites for hydroxylation is 3. The molecule has 0 spiro atoms. The number of carbonyl (C=O) groups is 1. The summed E-state index contributed by atoms with van der Waals surface area (Å²) >= 11 is 0. The third-order valence-corrected chi connectivity index (χ3v) is 4.00. The zero-order chi connectivity index (χ0) is 15.2. The van der Waals surface area contributed by atoms with Gasteiger partial charge in [-0.1, -0.05) is 17.7 Å². The molecule has 0 bridgehead atoms. The lowest BCUT2D eigenvalue weighted by atomic mass is 10.0. The van der Waals surface area contributed by atoms with Gasteiger partial charge in [0.15, 0.2) is 0 Å². The summed E-state index contributed by atoms with van der Waals surface area (Å²) in [5.74, 6) is 1.17. The monoisotopic (exact) mass is 290 g/mol. The molecule has 116 valence electrons. The van der Waals surface area contributed by atoms with Gasteiger partial charge >= 0.3 is 0 Å². The summed E-state index contributed by atoms with van der Waals surface area (Å²) in [4.78, 5) is 14.3. The van der Waals surface area contributed by atoms with Crippen LogP contribution in [0.25, 0.3) is 0 Å². The number of hydrogen-bond donors (Lipinski definition) is 1. The Morgan fingerprint density at radius 2 is 2.10 bits per heavy atom. The van der Waals surface area contributed by atoms with Crippen molar-refractivity contribution < 1.29 is 9.53 Å². The van der Waals surface area contributed by atoms with Crippen LogP contribution < -0.4 is 10.1 Å². The Morgan fingerprint density at radius 3 is 2.86 bits per heavy atom. The molecule has 1 heterocycles. The minimum Gasteiger partial charge on any atom is -0.496 e. The number of carbonyl (C=O) groups excluding carboxylic acids is 1. The Morgan fingerprint density at radius 1 is 1.29 bits per heavy atom. The minimum absolute atomic E-state index is 0.250. The summed E-state index contributed by atoms with van der Waals surface area (Å²) in [6, 6.07) is 4.24. The van der Waals surface area contributed by atoms with Gasteiger partial charge in [-0.2, -0.15) is 0 Å². The van der Waals surface area contributed by atoms with Gasteiger partial charge in [0.2, 0.25) is 5.91 Å². The van der Waals surface area contributed by atoms with Gasteiger partial charge in [-0.25, -0.2) is 0 Å². The smallest absolute Gasteiger partial charge is 0.222 e. The third kappa shape index (κ3) is 4.21. The molecule has 2 rings (SSSR count). The molecule has 1 N–H and O–H groups in total. The van der Waals surface area contributed by atoms with Crippen molar-refractivity contribution >= 4 is 5.91 Å². The fourth-order valence-corrected chi connectivity index (χ4v) is 3.01. The fraction of sp³-hybridized carbons (Fsp3) is 0.588. The van der Waals surface area contributed by atoms with E-state index in [0.29, 0.717) is 6.42 Å². The van der Waals surface area contributed by atoms with Crippen molar-refractivity contribution in [3.63, 3.8) is 0 Å². The first-order valence-electron chi connectivity index (χ1n) is 7.74. The Kier molecular flexibility index (Phi) is 5.62. The molecule has 1 aliphatic heterocycles. The van der Waals surface area contributed by atoms with E-state index in [0.717, 1.165) is 55.9 Å². The zero-order valence-corrected chi connectivity index (χ0v) is 13.4. The van der Waals surface area contributed by atoms with E-state index in [2.05, 4.69) is 31.3 Å². The normalized spacial score (nSPS) is 15.7. The Balaban J connectivity index is 2.00. The first kappa shape index (κ1) is 15.8. The molecule has 0 aromatic heterocycles. The highest BCUT2D eigenvalue weighted by Gasteiger charge is 2.16. The minimum atomic E-state index is 0.250. The highest BCUT2D eigenvalue weighted by molar-refractivity contribution is 5.76. The zero-order valence-electron chi connectivity index (χ0n) is 13.4. The van der Waals surface area contributed by atoms with Crippen molar-refractivity contribution in [2.75, 3.05) is 33.3 Å². The van der Waals surface area contributed by atoms with Gasteiger partial charge in [0.25, 0.3) is 0 Å². The van der Waals surface area contributed by atoms with Crippen LogP contribution in [0, 0.1) is 13.8 Å². The summed E-state index contributed by atoms with van der Waals surface area (Å²) in [6.45, 7) is 7.74. The molecule has 0 aliphatic carbocycles. The number of nitrogens with zero attached hydrogens (tertiary/aromatic N) is 1. The van der Waals surface area contributed by atoms with E-state index in [1.807, 2.05) is 4.90 Å². The molecule has 4 heteroatoms. The molecule has 1 aromatic carbocycles. The number of nitrogens with one attached hydrogen (secondary N) is 1. The molecule has 1 saturated heterocycles. The number of amides is 1. The molecular formula is C17H26N2O2. The maximum Gasteiger partial charge on any atom is 0.222 e. The molecule has 1 aliphatic rings. The molecule has 1 aromatic rings. The quantitative estimate of drug-likeness (QED) is 0.923. The second kappa shape index (κ2) is 7.46. The van der Waals surface area contributed by atoms with Gasteiger partial charge in [0, 0.05) is 26.1 Å². The molecule has 1 amide bonds. The van der Waals surface area contributed by atoms with Crippen LogP contribution in [-0.4, -0.2) is 44.1 Å². The van der Waals surface area contributed by atoms with Gasteiger partial charge in [0.05, 0.1) is 7.11 Å².